The number of rotatable bonds is 7. The Morgan fingerprint density at radius 1 is 1.15 bits per heavy atom. The lowest BCUT2D eigenvalue weighted by molar-refractivity contribution is -0.274. The van der Waals surface area contributed by atoms with Crippen molar-refractivity contribution in [3.8, 4) is 5.75 Å². The van der Waals surface area contributed by atoms with Gasteiger partial charge in [0.15, 0.2) is 0 Å². The summed E-state index contributed by atoms with van der Waals surface area (Å²) in [5.74, 6) is -1.44. The standard InChI is InChI=1S/C18H16F3NO4S/c19-18(20,21)26-12-3-1-11(2-4-12)9-17(7-8-17)16(25)22-10-13-5-6-14(27-13)15(23)24/h1-6H,7-10H2,(H,22,25)(H,23,24). The van der Waals surface area contributed by atoms with E-state index in [1.165, 1.54) is 30.3 Å². The number of carboxylic acids is 1. The summed E-state index contributed by atoms with van der Waals surface area (Å²) in [4.78, 5) is 24.3. The van der Waals surface area contributed by atoms with Crippen LogP contribution in [0.2, 0.25) is 0 Å². The molecule has 0 atom stereocenters. The van der Waals surface area contributed by atoms with Gasteiger partial charge in [0, 0.05) is 4.88 Å². The van der Waals surface area contributed by atoms with E-state index in [1.807, 2.05) is 0 Å². The molecular formula is C18H16F3NO4S. The molecule has 1 fully saturated rings. The number of halogens is 3. The highest BCUT2D eigenvalue weighted by Crippen LogP contribution is 2.48. The number of ether oxygens (including phenoxy) is 1. The summed E-state index contributed by atoms with van der Waals surface area (Å²) >= 11 is 1.10. The lowest BCUT2D eigenvalue weighted by Crippen LogP contribution is -2.32. The van der Waals surface area contributed by atoms with Gasteiger partial charge in [0.1, 0.15) is 10.6 Å². The van der Waals surface area contributed by atoms with Gasteiger partial charge in [0.25, 0.3) is 0 Å². The maximum Gasteiger partial charge on any atom is 0.573 e. The van der Waals surface area contributed by atoms with Gasteiger partial charge in [-0.2, -0.15) is 0 Å². The second-order valence-corrected chi connectivity index (χ2v) is 7.57. The van der Waals surface area contributed by atoms with Crippen molar-refractivity contribution in [2.24, 2.45) is 5.41 Å². The lowest BCUT2D eigenvalue weighted by atomic mass is 9.95. The van der Waals surface area contributed by atoms with Crippen LogP contribution in [-0.4, -0.2) is 23.3 Å². The molecule has 1 aliphatic rings. The highest BCUT2D eigenvalue weighted by molar-refractivity contribution is 7.13. The van der Waals surface area contributed by atoms with Crippen LogP contribution in [-0.2, 0) is 17.8 Å². The van der Waals surface area contributed by atoms with E-state index in [-0.39, 0.29) is 23.1 Å². The Kier molecular flexibility index (Phi) is 5.14. The predicted octanol–water partition coefficient (Wildman–Crippen LogP) is 3.98. The van der Waals surface area contributed by atoms with Crippen molar-refractivity contribution in [1.82, 2.24) is 5.32 Å². The second-order valence-electron chi connectivity index (χ2n) is 6.40. The first-order valence-electron chi connectivity index (χ1n) is 8.12. The van der Waals surface area contributed by atoms with Gasteiger partial charge in [0.2, 0.25) is 5.91 Å². The Labute approximate surface area is 156 Å². The van der Waals surface area contributed by atoms with Crippen LogP contribution in [0.25, 0.3) is 0 Å². The Bertz CT molecular complexity index is 841. The van der Waals surface area contributed by atoms with Gasteiger partial charge < -0.3 is 15.2 Å². The molecule has 1 heterocycles. The average molecular weight is 399 g/mol. The Balaban J connectivity index is 1.56. The zero-order valence-electron chi connectivity index (χ0n) is 14.0. The van der Waals surface area contributed by atoms with Crippen molar-refractivity contribution in [1.29, 1.82) is 0 Å². The maximum atomic E-state index is 12.5. The van der Waals surface area contributed by atoms with E-state index >= 15 is 0 Å². The Hall–Kier alpha value is -2.55. The van der Waals surface area contributed by atoms with E-state index in [9.17, 15) is 22.8 Å². The Morgan fingerprint density at radius 2 is 1.81 bits per heavy atom. The van der Waals surface area contributed by atoms with E-state index in [0.717, 1.165) is 21.8 Å². The highest BCUT2D eigenvalue weighted by Gasteiger charge is 2.49. The number of thiophene rings is 1. The molecule has 1 amide bonds. The number of carboxylic acid groups (broad SMARTS) is 1. The van der Waals surface area contributed by atoms with Crippen LogP contribution < -0.4 is 10.1 Å². The van der Waals surface area contributed by atoms with Gasteiger partial charge in [-0.25, -0.2) is 4.79 Å². The molecule has 0 spiro atoms. The van der Waals surface area contributed by atoms with Crippen molar-refractivity contribution < 1.29 is 32.6 Å². The van der Waals surface area contributed by atoms with Gasteiger partial charge in [-0.3, -0.25) is 4.79 Å². The van der Waals surface area contributed by atoms with E-state index < -0.39 is 17.7 Å². The van der Waals surface area contributed by atoms with Crippen molar-refractivity contribution >= 4 is 23.2 Å². The number of amides is 1. The van der Waals surface area contributed by atoms with Crippen molar-refractivity contribution in [3.05, 3.63) is 51.7 Å². The number of benzene rings is 1. The molecule has 27 heavy (non-hydrogen) atoms. The minimum absolute atomic E-state index is 0.136. The zero-order valence-corrected chi connectivity index (χ0v) is 14.8. The molecule has 1 aromatic heterocycles. The molecule has 9 heteroatoms. The van der Waals surface area contributed by atoms with Crippen LogP contribution in [0.1, 0.15) is 33.0 Å². The van der Waals surface area contributed by atoms with E-state index in [4.69, 9.17) is 5.11 Å². The van der Waals surface area contributed by atoms with Crippen LogP contribution >= 0.6 is 11.3 Å². The third-order valence-corrected chi connectivity index (χ3v) is 5.40. The van der Waals surface area contributed by atoms with Crippen molar-refractivity contribution in [2.45, 2.75) is 32.2 Å². The maximum absolute atomic E-state index is 12.5. The third kappa shape index (κ3) is 5.00. The van der Waals surface area contributed by atoms with Crippen LogP contribution in [0.15, 0.2) is 36.4 Å². The molecular weight excluding hydrogens is 383 g/mol. The van der Waals surface area contributed by atoms with Gasteiger partial charge in [-0.15, -0.1) is 24.5 Å². The number of hydrogen-bond donors (Lipinski definition) is 2. The smallest absolute Gasteiger partial charge is 0.477 e. The molecule has 2 N–H and O–H groups in total. The van der Waals surface area contributed by atoms with Crippen LogP contribution in [0, 0.1) is 5.41 Å². The van der Waals surface area contributed by atoms with Crippen molar-refractivity contribution in [3.63, 3.8) is 0 Å². The largest absolute Gasteiger partial charge is 0.573 e. The number of aromatic carboxylic acids is 1. The molecule has 0 aliphatic heterocycles. The number of alkyl halides is 3. The fourth-order valence-corrected chi connectivity index (χ4v) is 3.56. The summed E-state index contributed by atoms with van der Waals surface area (Å²) in [5.41, 5.74) is 0.195. The SMILES string of the molecule is O=C(O)c1ccc(CNC(=O)C2(Cc3ccc(OC(F)(F)F)cc3)CC2)s1. The highest BCUT2D eigenvalue weighted by atomic mass is 32.1. The normalized spacial score (nSPS) is 15.2. The number of carbonyl (C=O) groups excluding carboxylic acids is 1. The van der Waals surface area contributed by atoms with Crippen molar-refractivity contribution in [2.75, 3.05) is 0 Å². The molecule has 1 aromatic carbocycles. The monoisotopic (exact) mass is 399 g/mol. The topological polar surface area (TPSA) is 75.6 Å². The molecule has 2 aromatic rings. The van der Waals surface area contributed by atoms with Gasteiger partial charge in [-0.05, 0) is 49.1 Å². The first-order chi connectivity index (χ1) is 12.7. The molecule has 0 unspecified atom stereocenters. The molecule has 3 rings (SSSR count). The van der Waals surface area contributed by atoms with Crippen LogP contribution in [0.5, 0.6) is 5.75 Å². The summed E-state index contributed by atoms with van der Waals surface area (Å²) in [6.07, 6.45) is -2.91. The van der Waals surface area contributed by atoms with Crippen LogP contribution in [0.4, 0.5) is 13.2 Å². The minimum atomic E-state index is -4.73. The van der Waals surface area contributed by atoms with Gasteiger partial charge in [-0.1, -0.05) is 12.1 Å². The predicted molar refractivity (Wildman–Crippen MR) is 91.6 cm³/mol. The van der Waals surface area contributed by atoms with E-state index in [0.29, 0.717) is 19.3 Å². The fourth-order valence-electron chi connectivity index (χ4n) is 2.78. The van der Waals surface area contributed by atoms with E-state index in [1.54, 1.807) is 6.07 Å². The second kappa shape index (κ2) is 7.22. The molecule has 5 nitrogen and oxygen atoms in total. The molecule has 1 saturated carbocycles. The molecule has 0 saturated heterocycles. The van der Waals surface area contributed by atoms with Gasteiger partial charge >= 0.3 is 12.3 Å². The molecule has 144 valence electrons. The molecule has 0 bridgehead atoms. The minimum Gasteiger partial charge on any atom is -0.477 e. The van der Waals surface area contributed by atoms with Gasteiger partial charge in [0.05, 0.1) is 12.0 Å². The first kappa shape index (κ1) is 19.2. The molecule has 1 aliphatic carbocycles. The third-order valence-electron chi connectivity index (χ3n) is 4.33. The summed E-state index contributed by atoms with van der Waals surface area (Å²) in [5, 5.41) is 11.7. The summed E-state index contributed by atoms with van der Waals surface area (Å²) in [6, 6.07) is 8.66. The quantitative estimate of drug-likeness (QED) is 0.738. The Morgan fingerprint density at radius 3 is 2.33 bits per heavy atom. The zero-order chi connectivity index (χ0) is 19.7. The first-order valence-corrected chi connectivity index (χ1v) is 8.94. The average Bonchev–Trinajstić information content (AvgIpc) is 3.20. The summed E-state index contributed by atoms with van der Waals surface area (Å²) < 4.78 is 40.4. The molecule has 0 radical (unpaired) electrons. The number of hydrogen-bond acceptors (Lipinski definition) is 4. The van der Waals surface area contributed by atoms with Crippen LogP contribution in [0.3, 0.4) is 0 Å². The number of carbonyl (C=O) groups is 2. The summed E-state index contributed by atoms with van der Waals surface area (Å²) in [7, 11) is 0. The lowest BCUT2D eigenvalue weighted by Gasteiger charge is -2.15. The fraction of sp³-hybridized carbons (Fsp3) is 0.333. The number of nitrogens with one attached hydrogen (secondary N) is 1. The summed E-state index contributed by atoms with van der Waals surface area (Å²) in [6.45, 7) is 0.247. The van der Waals surface area contributed by atoms with E-state index in [2.05, 4.69) is 10.1 Å².